The normalized spacial score (nSPS) is 30.7. The lowest BCUT2D eigenvalue weighted by Gasteiger charge is -2.56. The summed E-state index contributed by atoms with van der Waals surface area (Å²) < 4.78 is 77.1. The SMILES string of the molecule is COc1ccccc1NCc1ccc([C@H]2C[C@@]3(C)[C@@H](CC[C@@]3(O)C(F)(F)C(F)(F)F)[C@@H]3CCC4=CC(=O)CCC4=C32)cc1. The molecule has 0 radical (unpaired) electrons. The third-order valence-corrected chi connectivity index (χ3v) is 10.7. The molecule has 0 spiro atoms. The van der Waals surface area contributed by atoms with Gasteiger partial charge in [0.1, 0.15) is 11.4 Å². The zero-order chi connectivity index (χ0) is 30.8. The summed E-state index contributed by atoms with van der Waals surface area (Å²) in [4.78, 5) is 12.3. The number of ether oxygens (including phenoxy) is 1. The number of carbonyl (C=O) groups is 1. The van der Waals surface area contributed by atoms with Crippen molar-refractivity contribution in [3.63, 3.8) is 0 Å². The molecule has 9 heteroatoms. The molecule has 0 unspecified atom stereocenters. The third-order valence-electron chi connectivity index (χ3n) is 10.7. The average molecular weight is 602 g/mol. The summed E-state index contributed by atoms with van der Waals surface area (Å²) in [6, 6.07) is 15.2. The van der Waals surface area contributed by atoms with E-state index in [9.17, 15) is 23.1 Å². The van der Waals surface area contributed by atoms with Gasteiger partial charge in [0.25, 0.3) is 0 Å². The van der Waals surface area contributed by atoms with Crippen molar-refractivity contribution < 1.29 is 36.6 Å². The van der Waals surface area contributed by atoms with Gasteiger partial charge in [-0.2, -0.15) is 22.0 Å². The maximum absolute atomic E-state index is 15.2. The predicted octanol–water partition coefficient (Wildman–Crippen LogP) is 8.14. The summed E-state index contributed by atoms with van der Waals surface area (Å²) in [5.41, 5.74) is 0.802. The van der Waals surface area contributed by atoms with Crippen LogP contribution in [-0.2, 0) is 11.3 Å². The summed E-state index contributed by atoms with van der Waals surface area (Å²) >= 11 is 0. The molecule has 4 aliphatic rings. The fraction of sp³-hybridized carbons (Fsp3) is 0.500. The van der Waals surface area contributed by atoms with Crippen molar-refractivity contribution in [2.24, 2.45) is 17.3 Å². The molecule has 2 aromatic rings. The molecule has 2 fully saturated rings. The minimum absolute atomic E-state index is 0.0325. The van der Waals surface area contributed by atoms with Crippen molar-refractivity contribution in [3.05, 3.63) is 82.5 Å². The minimum atomic E-state index is -5.86. The number of para-hydroxylation sites is 2. The molecular weight excluding hydrogens is 565 g/mol. The van der Waals surface area contributed by atoms with E-state index in [1.165, 1.54) is 6.92 Å². The smallest absolute Gasteiger partial charge is 0.456 e. The van der Waals surface area contributed by atoms with Crippen LogP contribution in [0.5, 0.6) is 5.75 Å². The largest absolute Gasteiger partial charge is 0.495 e. The molecule has 4 aliphatic carbocycles. The lowest BCUT2D eigenvalue weighted by Crippen LogP contribution is -2.65. The van der Waals surface area contributed by atoms with Gasteiger partial charge in [-0.05, 0) is 90.8 Å². The van der Waals surface area contributed by atoms with Crippen LogP contribution in [0.25, 0.3) is 0 Å². The number of hydrogen-bond donors (Lipinski definition) is 2. The summed E-state index contributed by atoms with van der Waals surface area (Å²) in [6.07, 6.45) is -2.69. The number of anilines is 1. The van der Waals surface area contributed by atoms with E-state index in [4.69, 9.17) is 4.74 Å². The van der Waals surface area contributed by atoms with Gasteiger partial charge in [-0.25, -0.2) is 0 Å². The second-order valence-electron chi connectivity index (χ2n) is 12.8. The second kappa shape index (κ2) is 10.5. The van der Waals surface area contributed by atoms with Crippen LogP contribution in [0.15, 0.2) is 71.3 Å². The summed E-state index contributed by atoms with van der Waals surface area (Å²) in [5.74, 6) is -5.70. The van der Waals surface area contributed by atoms with Crippen molar-refractivity contribution in [2.45, 2.75) is 82.0 Å². The van der Waals surface area contributed by atoms with Crippen LogP contribution in [0, 0.1) is 17.3 Å². The molecule has 6 rings (SSSR count). The van der Waals surface area contributed by atoms with E-state index in [0.29, 0.717) is 38.0 Å². The molecule has 230 valence electrons. The Hall–Kier alpha value is -3.20. The maximum Gasteiger partial charge on any atom is 0.456 e. The lowest BCUT2D eigenvalue weighted by atomic mass is 9.50. The standard InChI is InChI=1S/C34H36F5NO3/c1-31-18-26(21-9-7-20(8-10-21)19-40-28-5-3-4-6-29(28)43-2)30-24-14-12-23(41)17-22(24)11-13-25(30)27(31)15-16-32(31,42)33(35,36)34(37,38)39/h3-10,17,25-27,40,42H,11-16,18-19H2,1-2H3/t25-,26+,27-,31-,32-/m0/s1. The van der Waals surface area contributed by atoms with Crippen LogP contribution >= 0.6 is 0 Å². The first-order valence-corrected chi connectivity index (χ1v) is 14.9. The number of fused-ring (bicyclic) bond motifs is 4. The Bertz CT molecular complexity index is 1480. The Labute approximate surface area is 248 Å². The van der Waals surface area contributed by atoms with Gasteiger partial charge in [-0.1, -0.05) is 48.9 Å². The van der Waals surface area contributed by atoms with Crippen molar-refractivity contribution in [1.29, 1.82) is 0 Å². The Balaban J connectivity index is 1.39. The van der Waals surface area contributed by atoms with E-state index in [-0.39, 0.29) is 24.5 Å². The number of allylic oxidation sites excluding steroid dienone is 4. The maximum atomic E-state index is 15.2. The highest BCUT2D eigenvalue weighted by molar-refractivity contribution is 5.93. The molecule has 0 bridgehead atoms. The number of hydrogen-bond acceptors (Lipinski definition) is 4. The number of aliphatic hydroxyl groups is 1. The first-order valence-electron chi connectivity index (χ1n) is 14.9. The quantitative estimate of drug-likeness (QED) is 0.328. The van der Waals surface area contributed by atoms with Crippen LogP contribution in [0.3, 0.4) is 0 Å². The van der Waals surface area contributed by atoms with Gasteiger partial charge >= 0.3 is 12.1 Å². The van der Waals surface area contributed by atoms with Gasteiger partial charge in [-0.3, -0.25) is 4.79 Å². The topological polar surface area (TPSA) is 58.6 Å². The van der Waals surface area contributed by atoms with Crippen molar-refractivity contribution >= 4 is 11.5 Å². The van der Waals surface area contributed by atoms with E-state index in [1.807, 2.05) is 48.5 Å². The fourth-order valence-corrected chi connectivity index (χ4v) is 8.57. The van der Waals surface area contributed by atoms with Crippen LogP contribution < -0.4 is 10.1 Å². The van der Waals surface area contributed by atoms with E-state index in [2.05, 4.69) is 5.32 Å². The number of rotatable bonds is 6. The minimum Gasteiger partial charge on any atom is -0.495 e. The molecular formula is C34H36F5NO3. The molecule has 4 nitrogen and oxygen atoms in total. The van der Waals surface area contributed by atoms with E-state index >= 15 is 8.78 Å². The number of halogens is 5. The number of benzene rings is 2. The van der Waals surface area contributed by atoms with Gasteiger partial charge in [0, 0.05) is 24.3 Å². The molecule has 2 saturated carbocycles. The fourth-order valence-electron chi connectivity index (χ4n) is 8.57. The van der Waals surface area contributed by atoms with Crippen LogP contribution in [0.4, 0.5) is 27.6 Å². The van der Waals surface area contributed by atoms with E-state index in [1.54, 1.807) is 13.2 Å². The molecule has 0 heterocycles. The lowest BCUT2D eigenvalue weighted by molar-refractivity contribution is -0.362. The zero-order valence-electron chi connectivity index (χ0n) is 24.2. The number of nitrogens with one attached hydrogen (secondary N) is 1. The molecule has 5 atom stereocenters. The van der Waals surface area contributed by atoms with Crippen molar-refractivity contribution in [1.82, 2.24) is 0 Å². The molecule has 0 aromatic heterocycles. The molecule has 0 saturated heterocycles. The highest BCUT2D eigenvalue weighted by atomic mass is 19.4. The van der Waals surface area contributed by atoms with Gasteiger partial charge < -0.3 is 15.2 Å². The van der Waals surface area contributed by atoms with Gasteiger partial charge in [0.15, 0.2) is 5.78 Å². The Morgan fingerprint density at radius 2 is 1.72 bits per heavy atom. The summed E-state index contributed by atoms with van der Waals surface area (Å²) in [7, 11) is 1.59. The van der Waals surface area contributed by atoms with Crippen molar-refractivity contribution in [2.75, 3.05) is 12.4 Å². The molecule has 0 amide bonds. The molecule has 2 aromatic carbocycles. The summed E-state index contributed by atoms with van der Waals surface area (Å²) in [5, 5.41) is 14.8. The van der Waals surface area contributed by atoms with Gasteiger partial charge in [-0.15, -0.1) is 0 Å². The average Bonchev–Trinajstić information content (AvgIpc) is 3.26. The van der Waals surface area contributed by atoms with Crippen LogP contribution in [0.2, 0.25) is 0 Å². The first kappa shape index (κ1) is 29.9. The molecule has 0 aliphatic heterocycles. The summed E-state index contributed by atoms with van der Waals surface area (Å²) in [6.45, 7) is 1.94. The number of ketones is 1. The second-order valence-corrected chi connectivity index (χ2v) is 12.8. The van der Waals surface area contributed by atoms with Crippen molar-refractivity contribution in [3.8, 4) is 5.75 Å². The highest BCUT2D eigenvalue weighted by Crippen LogP contribution is 2.70. The molecule has 43 heavy (non-hydrogen) atoms. The number of alkyl halides is 5. The first-order chi connectivity index (χ1) is 20.3. The van der Waals surface area contributed by atoms with E-state index < -0.39 is 41.4 Å². The Morgan fingerprint density at radius 3 is 2.42 bits per heavy atom. The van der Waals surface area contributed by atoms with Crippen LogP contribution in [-0.4, -0.2) is 35.7 Å². The monoisotopic (exact) mass is 601 g/mol. The number of carbonyl (C=O) groups excluding carboxylic acids is 1. The Kier molecular flexibility index (Phi) is 7.26. The van der Waals surface area contributed by atoms with Crippen LogP contribution in [0.1, 0.15) is 68.9 Å². The van der Waals surface area contributed by atoms with E-state index in [0.717, 1.165) is 33.5 Å². The Morgan fingerprint density at radius 1 is 1.00 bits per heavy atom. The van der Waals surface area contributed by atoms with Gasteiger partial charge in [0.2, 0.25) is 0 Å². The third kappa shape index (κ3) is 4.61. The number of methoxy groups -OCH3 is 1. The predicted molar refractivity (Wildman–Crippen MR) is 153 cm³/mol. The van der Waals surface area contributed by atoms with Gasteiger partial charge in [0.05, 0.1) is 12.8 Å². The highest BCUT2D eigenvalue weighted by Gasteiger charge is 2.79. The zero-order valence-corrected chi connectivity index (χ0v) is 24.2. The molecule has 2 N–H and O–H groups in total.